The minimum absolute atomic E-state index is 0.0106. The molecule has 4 heteroatoms. The highest BCUT2D eigenvalue weighted by molar-refractivity contribution is 9.10. The van der Waals surface area contributed by atoms with Crippen LogP contribution in [0, 0.1) is 5.82 Å². The van der Waals surface area contributed by atoms with E-state index in [0.717, 1.165) is 28.2 Å². The summed E-state index contributed by atoms with van der Waals surface area (Å²) < 4.78 is 21.1. The maximum Gasteiger partial charge on any atom is 0.130 e. The van der Waals surface area contributed by atoms with E-state index >= 15 is 0 Å². The lowest BCUT2D eigenvalue weighted by Crippen LogP contribution is -2.02. The summed E-state index contributed by atoms with van der Waals surface area (Å²) in [5, 5.41) is 1.05. The van der Waals surface area contributed by atoms with E-state index in [1.54, 1.807) is 0 Å². The lowest BCUT2D eigenvalue weighted by Gasteiger charge is -2.15. The van der Waals surface area contributed by atoms with Crippen LogP contribution in [0.15, 0.2) is 46.9 Å². The molecule has 2 aromatic carbocycles. The number of rotatable bonds is 9. The third-order valence-electron chi connectivity index (χ3n) is 4.11. The Morgan fingerprint density at radius 1 is 1.00 bits per heavy atom. The normalized spacial score (nSPS) is 12.2. The summed E-state index contributed by atoms with van der Waals surface area (Å²) >= 11 is 6.85. The van der Waals surface area contributed by atoms with Crippen LogP contribution in [0.25, 0.3) is 0 Å². The van der Waals surface area contributed by atoms with Crippen LogP contribution in [0.4, 0.5) is 4.39 Å². The molecule has 2 aromatic rings. The lowest BCUT2D eigenvalue weighted by molar-refractivity contribution is 0.303. The predicted molar refractivity (Wildman–Crippen MR) is 106 cm³/mol. The Bertz CT molecular complexity index is 628. The molecule has 0 aliphatic heterocycles. The van der Waals surface area contributed by atoms with Gasteiger partial charge in [-0.25, -0.2) is 4.39 Å². The Labute approximate surface area is 160 Å². The van der Waals surface area contributed by atoms with Gasteiger partial charge >= 0.3 is 0 Å². The molecule has 0 amide bonds. The molecular weight excluding hydrogens is 435 g/mol. The molecule has 24 heavy (non-hydrogen) atoms. The van der Waals surface area contributed by atoms with Gasteiger partial charge < -0.3 is 4.74 Å². The highest BCUT2D eigenvalue weighted by Crippen LogP contribution is 2.29. The second kappa shape index (κ2) is 10.2. The lowest BCUT2D eigenvalue weighted by atomic mass is 9.93. The molecule has 0 bridgehead atoms. The molecule has 130 valence electrons. The van der Waals surface area contributed by atoms with Crippen LogP contribution in [0.3, 0.4) is 0 Å². The van der Waals surface area contributed by atoms with E-state index in [1.807, 2.05) is 43.3 Å². The van der Waals surface area contributed by atoms with E-state index in [2.05, 4.69) is 31.9 Å². The highest BCUT2D eigenvalue weighted by Gasteiger charge is 2.14. The van der Waals surface area contributed by atoms with Crippen molar-refractivity contribution in [3.05, 3.63) is 63.9 Å². The van der Waals surface area contributed by atoms with Crippen molar-refractivity contribution >= 4 is 31.9 Å². The Kier molecular flexibility index (Phi) is 8.26. The quantitative estimate of drug-likeness (QED) is 0.289. The summed E-state index contributed by atoms with van der Waals surface area (Å²) in [5.41, 5.74) is 1.79. The van der Waals surface area contributed by atoms with Gasteiger partial charge in [-0.15, -0.1) is 0 Å². The van der Waals surface area contributed by atoms with Crippen LogP contribution in [-0.2, 0) is 0 Å². The number of benzene rings is 2. The summed E-state index contributed by atoms with van der Waals surface area (Å²) in [6, 6.07) is 13.2. The van der Waals surface area contributed by atoms with E-state index in [-0.39, 0.29) is 11.7 Å². The van der Waals surface area contributed by atoms with Crippen molar-refractivity contribution in [1.82, 2.24) is 0 Å². The maximum absolute atomic E-state index is 14.4. The molecule has 1 unspecified atom stereocenters. The first kappa shape index (κ1) is 19.5. The first-order chi connectivity index (χ1) is 11.6. The zero-order valence-electron chi connectivity index (χ0n) is 13.9. The highest BCUT2D eigenvalue weighted by atomic mass is 79.9. The number of hydrogen-bond acceptors (Lipinski definition) is 1. The average molecular weight is 458 g/mol. The van der Waals surface area contributed by atoms with Gasteiger partial charge in [-0.3, -0.25) is 0 Å². The Morgan fingerprint density at radius 3 is 2.38 bits per heavy atom. The molecule has 0 N–H and O–H groups in total. The summed E-state index contributed by atoms with van der Waals surface area (Å²) in [7, 11) is 0. The van der Waals surface area contributed by atoms with Gasteiger partial charge in [-0.05, 0) is 42.2 Å². The summed E-state index contributed by atoms with van der Waals surface area (Å²) in [6.45, 7) is 2.66. The zero-order valence-corrected chi connectivity index (χ0v) is 17.1. The molecule has 0 saturated heterocycles. The first-order valence-electron chi connectivity index (χ1n) is 8.35. The molecule has 0 aliphatic carbocycles. The maximum atomic E-state index is 14.4. The van der Waals surface area contributed by atoms with E-state index < -0.39 is 0 Å². The smallest absolute Gasteiger partial charge is 0.130 e. The Balaban J connectivity index is 1.92. The van der Waals surface area contributed by atoms with Crippen molar-refractivity contribution in [3.8, 4) is 5.75 Å². The number of halogens is 3. The second-order valence-electron chi connectivity index (χ2n) is 5.91. The zero-order chi connectivity index (χ0) is 17.4. The average Bonchev–Trinajstić information content (AvgIpc) is 2.58. The molecule has 0 aliphatic rings. The molecule has 1 atom stereocenters. The number of unbranched alkanes of at least 4 members (excludes halogenated alkanes) is 3. The molecule has 0 heterocycles. The minimum atomic E-state index is -0.206. The van der Waals surface area contributed by atoms with Crippen molar-refractivity contribution < 1.29 is 9.13 Å². The van der Waals surface area contributed by atoms with Gasteiger partial charge in [-0.2, -0.15) is 0 Å². The van der Waals surface area contributed by atoms with Crippen molar-refractivity contribution in [1.29, 1.82) is 0 Å². The van der Waals surface area contributed by atoms with Gasteiger partial charge in [0, 0.05) is 21.8 Å². The molecule has 0 saturated carbocycles. The van der Waals surface area contributed by atoms with Crippen molar-refractivity contribution in [2.45, 2.75) is 38.5 Å². The molecule has 0 radical (unpaired) electrons. The minimum Gasteiger partial charge on any atom is -0.493 e. The van der Waals surface area contributed by atoms with Crippen LogP contribution in [0.1, 0.15) is 49.7 Å². The SMILES string of the molecule is CC(c1ccc(Br)cc1)c1ccc(OCCCCCCBr)cc1F. The topological polar surface area (TPSA) is 9.23 Å². The van der Waals surface area contributed by atoms with E-state index in [0.29, 0.717) is 17.9 Å². The molecule has 0 fully saturated rings. The first-order valence-corrected chi connectivity index (χ1v) is 10.3. The number of alkyl halides is 1. The van der Waals surface area contributed by atoms with Crippen LogP contribution < -0.4 is 4.74 Å². The van der Waals surface area contributed by atoms with E-state index in [4.69, 9.17) is 4.74 Å². The molecule has 0 aromatic heterocycles. The molecule has 1 nitrogen and oxygen atoms in total. The third kappa shape index (κ3) is 5.89. The largest absolute Gasteiger partial charge is 0.493 e. The van der Waals surface area contributed by atoms with Gasteiger partial charge in [0.2, 0.25) is 0 Å². The molecule has 0 spiro atoms. The summed E-state index contributed by atoms with van der Waals surface area (Å²) in [6.07, 6.45) is 4.54. The van der Waals surface area contributed by atoms with Crippen LogP contribution >= 0.6 is 31.9 Å². The fourth-order valence-corrected chi connectivity index (χ4v) is 3.28. The summed E-state index contributed by atoms with van der Waals surface area (Å²) in [5.74, 6) is 0.415. The Hall–Kier alpha value is -0.870. The van der Waals surface area contributed by atoms with Crippen molar-refractivity contribution in [2.24, 2.45) is 0 Å². The fourth-order valence-electron chi connectivity index (χ4n) is 2.62. The third-order valence-corrected chi connectivity index (χ3v) is 5.19. The predicted octanol–water partition coefficient (Wildman–Crippen LogP) is 7.07. The molecular formula is C20H23Br2FO. The van der Waals surface area contributed by atoms with E-state index in [1.165, 1.54) is 18.9 Å². The van der Waals surface area contributed by atoms with Crippen LogP contribution in [-0.4, -0.2) is 11.9 Å². The van der Waals surface area contributed by atoms with Crippen LogP contribution in [0.5, 0.6) is 5.75 Å². The fraction of sp³-hybridized carbons (Fsp3) is 0.400. The molecule has 2 rings (SSSR count). The van der Waals surface area contributed by atoms with Crippen molar-refractivity contribution in [2.75, 3.05) is 11.9 Å². The monoisotopic (exact) mass is 456 g/mol. The second-order valence-corrected chi connectivity index (χ2v) is 7.62. The van der Waals surface area contributed by atoms with Gasteiger partial charge in [0.1, 0.15) is 11.6 Å². The van der Waals surface area contributed by atoms with Gasteiger partial charge in [0.25, 0.3) is 0 Å². The van der Waals surface area contributed by atoms with Crippen molar-refractivity contribution in [3.63, 3.8) is 0 Å². The van der Waals surface area contributed by atoms with Gasteiger partial charge in [0.15, 0.2) is 0 Å². The van der Waals surface area contributed by atoms with Gasteiger partial charge in [0.05, 0.1) is 6.61 Å². The standard InChI is InChI=1S/C20H23Br2FO/c1-15(16-6-8-17(22)9-7-16)19-11-10-18(14-20(19)23)24-13-5-3-2-4-12-21/h6-11,14-15H,2-5,12-13H2,1H3. The van der Waals surface area contributed by atoms with Gasteiger partial charge in [-0.1, -0.05) is 69.8 Å². The number of ether oxygens (including phenoxy) is 1. The number of hydrogen-bond donors (Lipinski definition) is 0. The summed E-state index contributed by atoms with van der Waals surface area (Å²) in [4.78, 5) is 0. The Morgan fingerprint density at radius 2 is 1.71 bits per heavy atom. The van der Waals surface area contributed by atoms with Crippen LogP contribution in [0.2, 0.25) is 0 Å². The van der Waals surface area contributed by atoms with E-state index in [9.17, 15) is 4.39 Å².